The first-order chi connectivity index (χ1) is 17.1. The first kappa shape index (κ1) is 25.5. The number of aromatic nitrogens is 4. The maximum absolute atomic E-state index is 12.9. The Morgan fingerprint density at radius 2 is 2.14 bits per heavy atom. The fourth-order valence-electron chi connectivity index (χ4n) is 3.44. The monoisotopic (exact) mass is 554 g/mol. The Labute approximate surface area is 213 Å². The molecule has 0 aliphatic carbocycles. The third kappa shape index (κ3) is 4.73. The van der Waals surface area contributed by atoms with Gasteiger partial charge in [-0.15, -0.1) is 23.1 Å². The van der Waals surface area contributed by atoms with Gasteiger partial charge in [0, 0.05) is 23.9 Å². The molecular formula is C18H18N8O7S3. The Bertz CT molecular complexity index is 1430. The number of amides is 2. The fraction of sp³-hybridized carbons (Fsp3) is 0.333. The molecular weight excluding hydrogens is 536 g/mol. The number of nitrogens with one attached hydrogen (secondary N) is 2. The molecule has 36 heavy (non-hydrogen) atoms. The molecule has 0 spiro atoms. The molecule has 190 valence electrons. The Hall–Kier alpha value is -3.64. The van der Waals surface area contributed by atoms with Gasteiger partial charge in [-0.25, -0.2) is 9.78 Å². The van der Waals surface area contributed by atoms with Crippen LogP contribution in [-0.2, 0) is 26.3 Å². The number of carbonyl (C=O) groups is 3. The van der Waals surface area contributed by atoms with Crippen molar-refractivity contribution in [1.29, 1.82) is 0 Å². The number of nitrogen functional groups attached to an aromatic ring is 1. The summed E-state index contributed by atoms with van der Waals surface area (Å²) in [6.07, 6.45) is 0. The van der Waals surface area contributed by atoms with E-state index < -0.39 is 40.3 Å². The van der Waals surface area contributed by atoms with Gasteiger partial charge in [0.05, 0.1) is 0 Å². The highest BCUT2D eigenvalue weighted by Gasteiger charge is 2.54. The van der Waals surface area contributed by atoms with Crippen molar-refractivity contribution in [1.82, 2.24) is 30.0 Å². The summed E-state index contributed by atoms with van der Waals surface area (Å²) in [4.78, 5) is 74.3. The maximum atomic E-state index is 12.9. The molecule has 1 fully saturated rings. The van der Waals surface area contributed by atoms with Crippen molar-refractivity contribution in [3.8, 4) is 0 Å². The van der Waals surface area contributed by atoms with Crippen molar-refractivity contribution in [2.75, 3.05) is 24.3 Å². The predicted molar refractivity (Wildman–Crippen MR) is 131 cm³/mol. The number of carboxylic acids is 1. The minimum atomic E-state index is -1.31. The number of hydrogen-bond donors (Lipinski definition) is 4. The molecule has 15 nitrogen and oxygen atoms in total. The smallest absolute Gasteiger partial charge is 0.352 e. The number of thioether (sulfide) groups is 2. The molecule has 0 radical (unpaired) electrons. The van der Waals surface area contributed by atoms with Gasteiger partial charge in [-0.05, 0) is 5.57 Å². The van der Waals surface area contributed by atoms with Crippen molar-refractivity contribution in [2.45, 2.75) is 16.6 Å². The number of rotatable bonds is 8. The van der Waals surface area contributed by atoms with Crippen LogP contribution in [0.3, 0.4) is 0 Å². The third-order valence-corrected chi connectivity index (χ3v) is 8.15. The number of aryl methyl sites for hydroxylation is 1. The van der Waals surface area contributed by atoms with E-state index in [9.17, 15) is 29.1 Å². The first-order valence-electron chi connectivity index (χ1n) is 9.96. The van der Waals surface area contributed by atoms with Crippen LogP contribution in [0.1, 0.15) is 5.69 Å². The van der Waals surface area contributed by atoms with Crippen molar-refractivity contribution < 1.29 is 24.3 Å². The van der Waals surface area contributed by atoms with Crippen LogP contribution < -0.4 is 22.2 Å². The zero-order valence-corrected chi connectivity index (χ0v) is 21.0. The molecule has 2 aromatic heterocycles. The first-order valence-corrected chi connectivity index (χ1v) is 12.9. The summed E-state index contributed by atoms with van der Waals surface area (Å²) in [6, 6.07) is -0.995. The molecule has 0 bridgehead atoms. The van der Waals surface area contributed by atoms with Gasteiger partial charge in [0.2, 0.25) is 0 Å². The number of fused-ring (bicyclic) bond motifs is 1. The molecule has 4 heterocycles. The van der Waals surface area contributed by atoms with E-state index >= 15 is 0 Å². The van der Waals surface area contributed by atoms with Gasteiger partial charge in [-0.3, -0.25) is 33.9 Å². The number of H-pyrrole nitrogens is 1. The number of aromatic amines is 1. The third-order valence-electron chi connectivity index (χ3n) is 5.02. The molecule has 2 aliphatic heterocycles. The van der Waals surface area contributed by atoms with Crippen molar-refractivity contribution in [3.63, 3.8) is 0 Å². The molecule has 2 aliphatic rings. The van der Waals surface area contributed by atoms with E-state index in [0.29, 0.717) is 5.57 Å². The molecule has 0 saturated carbocycles. The van der Waals surface area contributed by atoms with Gasteiger partial charge in [-0.1, -0.05) is 16.9 Å². The van der Waals surface area contributed by atoms with Crippen LogP contribution in [0.2, 0.25) is 0 Å². The standard InChI is InChI=1S/C18H18N8O7S3/c1-25-18(22-12(28)13(29)23-25)36-4-6-3-34-15-9(14(30)26(15)10(6)16(31)32)21-11(27)8(24-33-2)7-5-35-17(19)20-7/h5,9,15H,3-4H2,1-2H3,(H2,19,20)(H,21,27)(H,23,29)(H,31,32)/b24-8+/t9-,15+/m1/s1. The number of β-lactam (4-membered cyclic amide) rings is 1. The molecule has 4 rings (SSSR count). The van der Waals surface area contributed by atoms with Crippen LogP contribution in [0.15, 0.2) is 36.6 Å². The second-order valence-electron chi connectivity index (χ2n) is 7.30. The van der Waals surface area contributed by atoms with Crippen LogP contribution in [-0.4, -0.2) is 83.3 Å². The minimum absolute atomic E-state index is 0.102. The van der Waals surface area contributed by atoms with Gasteiger partial charge >= 0.3 is 17.1 Å². The molecule has 18 heteroatoms. The van der Waals surface area contributed by atoms with E-state index in [1.165, 1.54) is 36.0 Å². The molecule has 0 unspecified atom stereocenters. The summed E-state index contributed by atoms with van der Waals surface area (Å²) in [7, 11) is 2.74. The van der Waals surface area contributed by atoms with Gasteiger partial charge in [0.25, 0.3) is 11.8 Å². The summed E-state index contributed by atoms with van der Waals surface area (Å²) < 4.78 is 1.25. The lowest BCUT2D eigenvalue weighted by Crippen LogP contribution is -2.71. The molecule has 2 amide bonds. The number of nitrogens with two attached hydrogens (primary N) is 1. The van der Waals surface area contributed by atoms with Gasteiger partial charge < -0.3 is 21.0 Å². The molecule has 2 atom stereocenters. The Morgan fingerprint density at radius 1 is 1.39 bits per heavy atom. The minimum Gasteiger partial charge on any atom is -0.477 e. The van der Waals surface area contributed by atoms with E-state index in [4.69, 9.17) is 10.6 Å². The number of aliphatic carboxylic acids is 1. The average molecular weight is 555 g/mol. The van der Waals surface area contributed by atoms with Crippen molar-refractivity contribution in [2.24, 2.45) is 12.2 Å². The highest BCUT2D eigenvalue weighted by molar-refractivity contribution is 8.01. The normalized spacial score (nSPS) is 19.6. The quantitative estimate of drug-likeness (QED) is 0.0953. The lowest BCUT2D eigenvalue weighted by atomic mass is 10.0. The van der Waals surface area contributed by atoms with E-state index in [1.54, 1.807) is 0 Å². The Balaban J connectivity index is 1.51. The lowest BCUT2D eigenvalue weighted by molar-refractivity contribution is -0.150. The average Bonchev–Trinajstić information content (AvgIpc) is 3.27. The number of nitrogens with zero attached hydrogens (tertiary/aromatic N) is 5. The zero-order chi connectivity index (χ0) is 26.1. The Morgan fingerprint density at radius 3 is 2.78 bits per heavy atom. The topological polar surface area (TPSA) is 215 Å². The summed E-state index contributed by atoms with van der Waals surface area (Å²) in [5.74, 6) is -2.30. The van der Waals surface area contributed by atoms with E-state index in [-0.39, 0.29) is 38.9 Å². The lowest BCUT2D eigenvalue weighted by Gasteiger charge is -2.49. The van der Waals surface area contributed by atoms with E-state index in [2.05, 4.69) is 25.5 Å². The number of carbonyl (C=O) groups excluding carboxylic acids is 2. The zero-order valence-electron chi connectivity index (χ0n) is 18.6. The van der Waals surface area contributed by atoms with Gasteiger partial charge in [-0.2, -0.15) is 4.98 Å². The highest BCUT2D eigenvalue weighted by Crippen LogP contribution is 2.41. The van der Waals surface area contributed by atoms with Gasteiger partial charge in [0.1, 0.15) is 29.9 Å². The molecule has 2 aromatic rings. The summed E-state index contributed by atoms with van der Waals surface area (Å²) in [5.41, 5.74) is 4.00. The number of thiazole rings is 1. The van der Waals surface area contributed by atoms with Gasteiger partial charge in [0.15, 0.2) is 16.0 Å². The second kappa shape index (κ2) is 10.2. The number of anilines is 1. The Kier molecular flexibility index (Phi) is 7.18. The van der Waals surface area contributed by atoms with E-state index in [1.807, 2.05) is 0 Å². The summed E-state index contributed by atoms with van der Waals surface area (Å²) in [5, 5.41) is 19.6. The van der Waals surface area contributed by atoms with Crippen molar-refractivity contribution in [3.05, 3.63) is 43.1 Å². The number of hydrogen-bond acceptors (Lipinski definition) is 13. The van der Waals surface area contributed by atoms with Crippen LogP contribution in [0.5, 0.6) is 0 Å². The molecule has 1 saturated heterocycles. The molecule has 0 aromatic carbocycles. The largest absolute Gasteiger partial charge is 0.477 e. The van der Waals surface area contributed by atoms with Crippen LogP contribution in [0.4, 0.5) is 5.13 Å². The summed E-state index contributed by atoms with van der Waals surface area (Å²) >= 11 is 3.41. The number of oxime groups is 1. The fourth-order valence-corrected chi connectivity index (χ4v) is 6.39. The van der Waals surface area contributed by atoms with Crippen LogP contribution >= 0.6 is 34.9 Å². The maximum Gasteiger partial charge on any atom is 0.352 e. The predicted octanol–water partition coefficient (Wildman–Crippen LogP) is -1.61. The summed E-state index contributed by atoms with van der Waals surface area (Å²) in [6.45, 7) is 0. The highest BCUT2D eigenvalue weighted by atomic mass is 32.2. The number of carboxylic acid groups (broad SMARTS) is 1. The van der Waals surface area contributed by atoms with Crippen molar-refractivity contribution >= 4 is 63.5 Å². The van der Waals surface area contributed by atoms with Crippen LogP contribution in [0, 0.1) is 0 Å². The molecule has 5 N–H and O–H groups in total. The SMILES string of the molecule is CO/N=C(/C(=O)N[C@@H]1C(=O)N2C(C(=O)O)=C(CSc3nc(=O)c(=O)[nH]n3C)CS[C@@H]12)c1csc(N)n1. The van der Waals surface area contributed by atoms with E-state index in [0.717, 1.165) is 28.0 Å². The van der Waals surface area contributed by atoms with Crippen LogP contribution in [0.25, 0.3) is 0 Å². The second-order valence-corrected chi connectivity index (χ2v) is 10.2.